The van der Waals surface area contributed by atoms with Crippen molar-refractivity contribution in [3.8, 4) is 11.3 Å². The van der Waals surface area contributed by atoms with Crippen molar-refractivity contribution in [1.29, 1.82) is 0 Å². The first-order valence-electron chi connectivity index (χ1n) is 13.2. The van der Waals surface area contributed by atoms with Gasteiger partial charge in [-0.15, -0.1) is 0 Å². The van der Waals surface area contributed by atoms with Crippen molar-refractivity contribution < 1.29 is 4.42 Å². The van der Waals surface area contributed by atoms with Crippen LogP contribution in [0.15, 0.2) is 126 Å². The van der Waals surface area contributed by atoms with E-state index >= 15 is 0 Å². The quantitative estimate of drug-likeness (QED) is 0.212. The molecule has 0 spiro atoms. The van der Waals surface area contributed by atoms with E-state index in [9.17, 15) is 0 Å². The van der Waals surface area contributed by atoms with E-state index in [1.54, 1.807) is 0 Å². The Morgan fingerprint density at radius 3 is 1.85 bits per heavy atom. The zero-order valence-corrected chi connectivity index (χ0v) is 20.8. The molecule has 0 aliphatic rings. The Kier molecular flexibility index (Phi) is 4.05. The van der Waals surface area contributed by atoms with E-state index in [0.717, 1.165) is 55.0 Å². The van der Waals surface area contributed by atoms with Gasteiger partial charge in [0.1, 0.15) is 11.2 Å². The van der Waals surface area contributed by atoms with Gasteiger partial charge in [0, 0.05) is 33.3 Å². The average molecular weight is 497 g/mol. The summed E-state index contributed by atoms with van der Waals surface area (Å²) < 4.78 is 6.41. The van der Waals surface area contributed by atoms with Gasteiger partial charge < -0.3 is 4.42 Å². The largest absolute Gasteiger partial charge is 0.456 e. The monoisotopic (exact) mass is 496 g/mol. The molecule has 3 heteroatoms. The minimum absolute atomic E-state index is 0.880. The molecule has 0 aliphatic carbocycles. The van der Waals surface area contributed by atoms with Gasteiger partial charge in [0.2, 0.25) is 0 Å². The van der Waals surface area contributed by atoms with Crippen molar-refractivity contribution in [2.24, 2.45) is 0 Å². The normalized spacial score (nSPS) is 12.1. The number of rotatable bonds is 1. The smallest absolute Gasteiger partial charge is 0.136 e. The lowest BCUT2D eigenvalue weighted by Crippen LogP contribution is -1.88. The molecule has 0 aliphatic heterocycles. The second-order valence-corrected chi connectivity index (χ2v) is 10.2. The zero-order valence-electron chi connectivity index (χ0n) is 20.8. The summed E-state index contributed by atoms with van der Waals surface area (Å²) in [6.07, 6.45) is 1.83. The van der Waals surface area contributed by atoms with Crippen LogP contribution in [0.2, 0.25) is 0 Å². The van der Waals surface area contributed by atoms with Gasteiger partial charge in [0.25, 0.3) is 0 Å². The van der Waals surface area contributed by atoms with E-state index in [4.69, 9.17) is 9.40 Å². The molecule has 39 heavy (non-hydrogen) atoms. The molecule has 0 N–H and O–H groups in total. The zero-order chi connectivity index (χ0) is 25.5. The fourth-order valence-electron chi connectivity index (χ4n) is 6.22. The lowest BCUT2D eigenvalue weighted by Gasteiger charge is -2.10. The molecule has 0 bridgehead atoms. The van der Waals surface area contributed by atoms with Crippen LogP contribution >= 0.6 is 0 Å². The predicted molar refractivity (Wildman–Crippen MR) is 162 cm³/mol. The van der Waals surface area contributed by atoms with Gasteiger partial charge in [-0.1, -0.05) is 72.8 Å². The second kappa shape index (κ2) is 7.62. The number of benzene rings is 6. The van der Waals surface area contributed by atoms with E-state index in [2.05, 4.69) is 114 Å². The fourth-order valence-corrected chi connectivity index (χ4v) is 6.22. The first-order valence-corrected chi connectivity index (χ1v) is 13.2. The predicted octanol–water partition coefficient (Wildman–Crippen LogP) is 9.81. The number of aromatic nitrogens is 2. The molecule has 9 aromatic rings. The van der Waals surface area contributed by atoms with Gasteiger partial charge in [-0.3, -0.25) is 4.98 Å². The summed E-state index contributed by atoms with van der Waals surface area (Å²) in [5, 5.41) is 11.9. The third-order valence-electron chi connectivity index (χ3n) is 8.06. The maximum absolute atomic E-state index is 6.41. The Balaban J connectivity index is 1.32. The number of hydrogen-bond acceptors (Lipinski definition) is 3. The van der Waals surface area contributed by atoms with Crippen LogP contribution in [0.1, 0.15) is 0 Å². The highest BCUT2D eigenvalue weighted by molar-refractivity contribution is 6.28. The summed E-state index contributed by atoms with van der Waals surface area (Å²) >= 11 is 0. The summed E-state index contributed by atoms with van der Waals surface area (Å²) in [7, 11) is 0. The standard InChI is InChI=1S/C36H20N2O/c1-3-9-26-24(7-1)25-8-2-4-10-27(25)29-20-34-31(19-28(26)29)30-18-23(14-16-33(30)39-34)32-15-13-22-12-11-21-6-5-17-37-35(21)36(22)38-32/h1-20H. The first kappa shape index (κ1) is 20.7. The summed E-state index contributed by atoms with van der Waals surface area (Å²) in [5.41, 5.74) is 5.62. The van der Waals surface area contributed by atoms with E-state index in [0.29, 0.717) is 0 Å². The molecule has 0 saturated carbocycles. The van der Waals surface area contributed by atoms with Crippen LogP contribution < -0.4 is 0 Å². The third kappa shape index (κ3) is 2.93. The summed E-state index contributed by atoms with van der Waals surface area (Å²) in [4.78, 5) is 9.70. The summed E-state index contributed by atoms with van der Waals surface area (Å²) in [6, 6.07) is 40.7. The highest BCUT2D eigenvalue weighted by Gasteiger charge is 2.15. The van der Waals surface area contributed by atoms with Crippen molar-refractivity contribution in [2.75, 3.05) is 0 Å². The lowest BCUT2D eigenvalue weighted by molar-refractivity contribution is 0.669. The molecule has 0 saturated heterocycles. The maximum atomic E-state index is 6.41. The molecule has 0 radical (unpaired) electrons. The second-order valence-electron chi connectivity index (χ2n) is 10.2. The van der Waals surface area contributed by atoms with Gasteiger partial charge >= 0.3 is 0 Å². The van der Waals surface area contributed by atoms with Crippen molar-refractivity contribution in [3.63, 3.8) is 0 Å². The van der Waals surface area contributed by atoms with Crippen LogP contribution in [0.25, 0.3) is 87.3 Å². The van der Waals surface area contributed by atoms with Crippen molar-refractivity contribution in [3.05, 3.63) is 121 Å². The number of nitrogens with zero attached hydrogens (tertiary/aromatic N) is 2. The van der Waals surface area contributed by atoms with Crippen LogP contribution in [0.3, 0.4) is 0 Å². The van der Waals surface area contributed by atoms with Crippen LogP contribution in [0.4, 0.5) is 0 Å². The van der Waals surface area contributed by atoms with Gasteiger partial charge in [-0.05, 0) is 74.8 Å². The Hall–Kier alpha value is -5.28. The maximum Gasteiger partial charge on any atom is 0.136 e. The third-order valence-corrected chi connectivity index (χ3v) is 8.06. The molecule has 9 rings (SSSR count). The van der Waals surface area contributed by atoms with Crippen molar-refractivity contribution in [1.82, 2.24) is 9.97 Å². The lowest BCUT2D eigenvalue weighted by atomic mass is 9.93. The topological polar surface area (TPSA) is 38.9 Å². The molecule has 3 nitrogen and oxygen atoms in total. The SMILES string of the molecule is c1cnc2c(c1)ccc1ccc(-c3ccc4oc5cc6c7ccccc7c7ccccc7c6cc5c4c3)nc12. The number of furan rings is 1. The fraction of sp³-hybridized carbons (Fsp3) is 0. The van der Waals surface area contributed by atoms with Gasteiger partial charge in [-0.25, -0.2) is 4.98 Å². The highest BCUT2D eigenvalue weighted by atomic mass is 16.3. The van der Waals surface area contributed by atoms with Gasteiger partial charge in [-0.2, -0.15) is 0 Å². The molecule has 180 valence electrons. The molecular weight excluding hydrogens is 476 g/mol. The van der Waals surface area contributed by atoms with Crippen LogP contribution in [0.5, 0.6) is 0 Å². The minimum Gasteiger partial charge on any atom is -0.456 e. The van der Waals surface area contributed by atoms with E-state index in [-0.39, 0.29) is 0 Å². The van der Waals surface area contributed by atoms with Crippen LogP contribution in [-0.4, -0.2) is 9.97 Å². The molecule has 0 unspecified atom stereocenters. The molecule has 0 fully saturated rings. The van der Waals surface area contributed by atoms with Crippen LogP contribution in [0, 0.1) is 0 Å². The highest BCUT2D eigenvalue weighted by Crippen LogP contribution is 2.40. The Labute approximate surface area is 222 Å². The Morgan fingerprint density at radius 1 is 0.436 bits per heavy atom. The molecule has 0 amide bonds. The van der Waals surface area contributed by atoms with Gasteiger partial charge in [0.05, 0.1) is 16.7 Å². The Morgan fingerprint density at radius 2 is 1.08 bits per heavy atom. The first-order chi connectivity index (χ1) is 19.3. The summed E-state index contributed by atoms with van der Waals surface area (Å²) in [6.45, 7) is 0. The Bertz CT molecular complexity index is 2450. The number of hydrogen-bond donors (Lipinski definition) is 0. The van der Waals surface area contributed by atoms with E-state index in [1.807, 2.05) is 12.3 Å². The van der Waals surface area contributed by atoms with E-state index in [1.165, 1.54) is 32.3 Å². The van der Waals surface area contributed by atoms with Crippen molar-refractivity contribution >= 4 is 76.1 Å². The number of pyridine rings is 2. The molecule has 3 heterocycles. The molecule has 6 aromatic carbocycles. The van der Waals surface area contributed by atoms with E-state index < -0.39 is 0 Å². The van der Waals surface area contributed by atoms with Gasteiger partial charge in [0.15, 0.2) is 0 Å². The average Bonchev–Trinajstić information content (AvgIpc) is 3.37. The summed E-state index contributed by atoms with van der Waals surface area (Å²) in [5.74, 6) is 0. The number of fused-ring (bicyclic) bond motifs is 12. The molecular formula is C36H20N2O. The molecule has 0 atom stereocenters. The minimum atomic E-state index is 0.880. The van der Waals surface area contributed by atoms with Crippen LogP contribution in [-0.2, 0) is 0 Å². The van der Waals surface area contributed by atoms with Crippen molar-refractivity contribution in [2.45, 2.75) is 0 Å². The molecule has 3 aromatic heterocycles.